The van der Waals surface area contributed by atoms with E-state index in [4.69, 9.17) is 11.0 Å². The highest BCUT2D eigenvalue weighted by molar-refractivity contribution is 6.53. The second kappa shape index (κ2) is 8.47. The third-order valence-electron chi connectivity index (χ3n) is 6.24. The fraction of sp³-hybridized carbons (Fsp3) is 0.333. The monoisotopic (exact) mass is 402 g/mol. The average molecular weight is 402 g/mol. The summed E-state index contributed by atoms with van der Waals surface area (Å²) in [6, 6.07) is 15.1. The van der Waals surface area contributed by atoms with Gasteiger partial charge in [-0.3, -0.25) is 4.79 Å². The highest BCUT2D eigenvalue weighted by Crippen LogP contribution is 2.44. The van der Waals surface area contributed by atoms with Crippen LogP contribution < -0.4 is 11.2 Å². The number of para-hydroxylation sites is 1. The molecule has 6 heteroatoms. The molecule has 0 bridgehead atoms. The molecule has 4 N–H and O–H groups in total. The summed E-state index contributed by atoms with van der Waals surface area (Å²) in [4.78, 5) is 13.4. The number of anilines is 1. The molecule has 0 aliphatic heterocycles. The minimum atomic E-state index is -1.05. The standard InChI is InChI=1S/C24H27BN2O3/c1-14-22(17-6-4-5-7-19(17)27)23(30)16-9-8-15(12-18(16)24(14,2)3)25-13-21(29)20(28)10-11-26/h4-9,12,20-21,25,28-29H,10,13,27H2,1-3H3. The van der Waals surface area contributed by atoms with Crippen LogP contribution in [0.3, 0.4) is 0 Å². The molecule has 1 aliphatic carbocycles. The van der Waals surface area contributed by atoms with E-state index in [1.54, 1.807) is 6.07 Å². The van der Waals surface area contributed by atoms with Gasteiger partial charge in [0.2, 0.25) is 0 Å². The van der Waals surface area contributed by atoms with E-state index in [0.717, 1.165) is 22.2 Å². The second-order valence-electron chi connectivity index (χ2n) is 8.46. The summed E-state index contributed by atoms with van der Waals surface area (Å²) in [7, 11) is 0.544. The summed E-state index contributed by atoms with van der Waals surface area (Å²) in [5.41, 5.74) is 11.4. The van der Waals surface area contributed by atoms with Crippen molar-refractivity contribution in [2.75, 3.05) is 5.73 Å². The molecule has 0 spiro atoms. The number of carbonyl (C=O) groups excluding carboxylic acids is 1. The lowest BCUT2D eigenvalue weighted by Crippen LogP contribution is -2.33. The molecule has 1 aliphatic rings. The molecule has 5 nitrogen and oxygen atoms in total. The minimum Gasteiger partial charge on any atom is -0.398 e. The van der Waals surface area contributed by atoms with Crippen molar-refractivity contribution < 1.29 is 15.0 Å². The molecule has 0 aromatic heterocycles. The van der Waals surface area contributed by atoms with Crippen molar-refractivity contribution >= 4 is 29.8 Å². The lowest BCUT2D eigenvalue weighted by Gasteiger charge is -2.36. The predicted molar refractivity (Wildman–Crippen MR) is 121 cm³/mol. The van der Waals surface area contributed by atoms with Crippen molar-refractivity contribution in [1.82, 2.24) is 0 Å². The summed E-state index contributed by atoms with van der Waals surface area (Å²) in [5.74, 6) is -0.0317. The van der Waals surface area contributed by atoms with Crippen molar-refractivity contribution in [3.8, 4) is 6.07 Å². The van der Waals surface area contributed by atoms with Crippen molar-refractivity contribution in [3.63, 3.8) is 0 Å². The Morgan fingerprint density at radius 1 is 1.13 bits per heavy atom. The predicted octanol–water partition coefficient (Wildman–Crippen LogP) is 2.33. The Morgan fingerprint density at radius 3 is 2.50 bits per heavy atom. The maximum absolute atomic E-state index is 13.4. The van der Waals surface area contributed by atoms with Gasteiger partial charge in [0.1, 0.15) is 0 Å². The van der Waals surface area contributed by atoms with Gasteiger partial charge in [-0.25, -0.2) is 0 Å². The topological polar surface area (TPSA) is 107 Å². The van der Waals surface area contributed by atoms with E-state index in [1.807, 2.05) is 49.4 Å². The first-order valence-electron chi connectivity index (χ1n) is 10.2. The number of nitrogens with two attached hydrogens (primary N) is 1. The first kappa shape index (κ1) is 21.8. The molecule has 30 heavy (non-hydrogen) atoms. The number of benzene rings is 2. The molecule has 0 saturated carbocycles. The first-order chi connectivity index (χ1) is 14.2. The molecule has 3 rings (SSSR count). The number of hydrogen-bond donors (Lipinski definition) is 3. The van der Waals surface area contributed by atoms with Crippen molar-refractivity contribution in [3.05, 3.63) is 64.7 Å². The second-order valence-corrected chi connectivity index (χ2v) is 8.46. The first-order valence-corrected chi connectivity index (χ1v) is 10.2. The Balaban J connectivity index is 1.95. The van der Waals surface area contributed by atoms with Crippen LogP contribution >= 0.6 is 0 Å². The molecular weight excluding hydrogens is 375 g/mol. The number of fused-ring (bicyclic) bond motifs is 1. The van der Waals surface area contributed by atoms with Crippen LogP contribution in [-0.2, 0) is 5.41 Å². The number of hydrogen-bond acceptors (Lipinski definition) is 5. The van der Waals surface area contributed by atoms with E-state index in [-0.39, 0.29) is 17.6 Å². The molecule has 0 heterocycles. The molecule has 0 fully saturated rings. The number of allylic oxidation sites excluding steroid dienone is 2. The Kier molecular flexibility index (Phi) is 6.16. The number of aliphatic hydroxyl groups excluding tert-OH is 2. The zero-order valence-electron chi connectivity index (χ0n) is 17.6. The Labute approximate surface area is 178 Å². The zero-order valence-corrected chi connectivity index (χ0v) is 17.6. The normalized spacial score (nSPS) is 17.1. The van der Waals surface area contributed by atoms with Gasteiger partial charge in [-0.2, -0.15) is 5.26 Å². The van der Waals surface area contributed by atoms with E-state index in [2.05, 4.69) is 13.8 Å². The summed E-state index contributed by atoms with van der Waals surface area (Å²) in [6.07, 6.45) is -1.75. The number of Topliss-reactive ketones (excluding diaryl/α,β-unsaturated/α-hetero) is 1. The number of nitriles is 1. The van der Waals surface area contributed by atoms with Gasteiger partial charge in [-0.1, -0.05) is 61.3 Å². The number of carbonyl (C=O) groups is 1. The molecule has 154 valence electrons. The van der Waals surface area contributed by atoms with Gasteiger partial charge in [0.15, 0.2) is 13.1 Å². The van der Waals surface area contributed by atoms with E-state index in [1.165, 1.54) is 0 Å². The third-order valence-corrected chi connectivity index (χ3v) is 6.24. The fourth-order valence-electron chi connectivity index (χ4n) is 4.07. The van der Waals surface area contributed by atoms with Crippen LogP contribution in [0.1, 0.15) is 48.7 Å². The molecule has 0 radical (unpaired) electrons. The van der Waals surface area contributed by atoms with Gasteiger partial charge in [0.25, 0.3) is 0 Å². The summed E-state index contributed by atoms with van der Waals surface area (Å²) >= 11 is 0. The van der Waals surface area contributed by atoms with Gasteiger partial charge in [0.05, 0.1) is 24.7 Å². The lowest BCUT2D eigenvalue weighted by atomic mass is 9.61. The number of rotatable bonds is 6. The van der Waals surface area contributed by atoms with Crippen LogP contribution in [0.25, 0.3) is 5.57 Å². The van der Waals surface area contributed by atoms with Crippen LogP contribution in [0, 0.1) is 11.3 Å². The quantitative estimate of drug-likeness (QED) is 0.508. The van der Waals surface area contributed by atoms with Crippen LogP contribution in [0.5, 0.6) is 0 Å². The molecule has 0 amide bonds. The minimum absolute atomic E-state index is 0.0317. The van der Waals surface area contributed by atoms with E-state index in [0.29, 0.717) is 30.4 Å². The lowest BCUT2D eigenvalue weighted by molar-refractivity contribution is 0.0349. The molecule has 2 aromatic carbocycles. The molecule has 2 unspecified atom stereocenters. The van der Waals surface area contributed by atoms with Gasteiger partial charge in [-0.15, -0.1) is 0 Å². The van der Waals surface area contributed by atoms with Crippen LogP contribution in [0.15, 0.2) is 48.0 Å². The largest absolute Gasteiger partial charge is 0.398 e. The highest BCUT2D eigenvalue weighted by atomic mass is 16.3. The number of nitrogen functional groups attached to an aromatic ring is 1. The summed E-state index contributed by atoms with van der Waals surface area (Å²) < 4.78 is 0. The van der Waals surface area contributed by atoms with Crippen LogP contribution in [-0.4, -0.2) is 35.5 Å². The number of ketones is 1. The number of nitrogens with zero attached hydrogens (tertiary/aromatic N) is 1. The van der Waals surface area contributed by atoms with Gasteiger partial charge in [0, 0.05) is 27.8 Å². The maximum atomic E-state index is 13.4. The fourth-order valence-corrected chi connectivity index (χ4v) is 4.07. The van der Waals surface area contributed by atoms with Gasteiger partial charge < -0.3 is 15.9 Å². The molecular formula is C24H27BN2O3. The van der Waals surface area contributed by atoms with Crippen LogP contribution in [0.4, 0.5) is 5.69 Å². The number of aliphatic hydroxyl groups is 2. The molecule has 0 saturated heterocycles. The molecule has 2 atom stereocenters. The van der Waals surface area contributed by atoms with E-state index >= 15 is 0 Å². The third kappa shape index (κ3) is 3.91. The van der Waals surface area contributed by atoms with Crippen molar-refractivity contribution in [1.29, 1.82) is 5.26 Å². The van der Waals surface area contributed by atoms with Crippen molar-refractivity contribution in [2.24, 2.45) is 0 Å². The maximum Gasteiger partial charge on any atom is 0.193 e. The van der Waals surface area contributed by atoms with E-state index < -0.39 is 12.2 Å². The van der Waals surface area contributed by atoms with E-state index in [9.17, 15) is 15.0 Å². The Morgan fingerprint density at radius 2 is 1.83 bits per heavy atom. The zero-order chi connectivity index (χ0) is 22.1. The van der Waals surface area contributed by atoms with Gasteiger partial charge in [-0.05, 0) is 24.9 Å². The Bertz CT molecular complexity index is 1050. The summed E-state index contributed by atoms with van der Waals surface area (Å²) in [5, 5.41) is 28.5. The SMILES string of the molecule is CC1=C(c2ccccc2N)C(=O)c2ccc(BCC(O)C(O)CC#N)cc2C1(C)C. The van der Waals surface area contributed by atoms with Crippen LogP contribution in [0.2, 0.25) is 6.32 Å². The smallest absolute Gasteiger partial charge is 0.193 e. The van der Waals surface area contributed by atoms with Gasteiger partial charge >= 0.3 is 0 Å². The Hall–Kier alpha value is -2.88. The average Bonchev–Trinajstić information content (AvgIpc) is 2.72. The van der Waals surface area contributed by atoms with Crippen molar-refractivity contribution in [2.45, 2.75) is 51.1 Å². The molecule has 2 aromatic rings. The highest BCUT2D eigenvalue weighted by Gasteiger charge is 2.37. The summed E-state index contributed by atoms with van der Waals surface area (Å²) in [6.45, 7) is 6.18.